The number of esters is 1. The summed E-state index contributed by atoms with van der Waals surface area (Å²) in [5.74, 6) is -0.0938. The van der Waals surface area contributed by atoms with E-state index in [1.807, 2.05) is 6.07 Å². The molecule has 1 amide bonds. The number of ether oxygens (including phenoxy) is 2. The third-order valence-corrected chi connectivity index (χ3v) is 3.74. The van der Waals surface area contributed by atoms with Gasteiger partial charge in [0, 0.05) is 6.92 Å². The molecule has 0 aliphatic heterocycles. The molecule has 0 radical (unpaired) electrons. The van der Waals surface area contributed by atoms with E-state index in [1.54, 1.807) is 13.8 Å². The fourth-order valence-corrected chi connectivity index (χ4v) is 2.82. The van der Waals surface area contributed by atoms with Crippen LogP contribution in [0.15, 0.2) is 0 Å². The first-order valence-electron chi connectivity index (χ1n) is 7.96. The Labute approximate surface area is 132 Å². The molecule has 2 atom stereocenters. The van der Waals surface area contributed by atoms with Crippen molar-refractivity contribution < 1.29 is 19.1 Å². The zero-order chi connectivity index (χ0) is 16.5. The molecule has 1 aliphatic rings. The van der Waals surface area contributed by atoms with Gasteiger partial charge in [-0.2, -0.15) is 5.26 Å². The molecule has 1 rings (SSSR count). The van der Waals surface area contributed by atoms with E-state index in [-0.39, 0.29) is 6.10 Å². The van der Waals surface area contributed by atoms with Crippen LogP contribution in [0.2, 0.25) is 0 Å². The average molecular weight is 310 g/mol. The molecule has 1 fully saturated rings. The van der Waals surface area contributed by atoms with Gasteiger partial charge in [0.05, 0.1) is 12.1 Å². The number of carbonyl (C=O) groups is 2. The fraction of sp³-hybridized carbons (Fsp3) is 0.812. The van der Waals surface area contributed by atoms with Crippen LogP contribution in [0.1, 0.15) is 59.3 Å². The summed E-state index contributed by atoms with van der Waals surface area (Å²) in [7, 11) is 0. The second-order valence-corrected chi connectivity index (χ2v) is 6.10. The summed E-state index contributed by atoms with van der Waals surface area (Å²) in [5, 5.41) is 11.9. The van der Waals surface area contributed by atoms with Crippen LogP contribution in [0.4, 0.5) is 4.79 Å². The zero-order valence-electron chi connectivity index (χ0n) is 13.6. The van der Waals surface area contributed by atoms with Crippen molar-refractivity contribution in [3.63, 3.8) is 0 Å². The van der Waals surface area contributed by atoms with Gasteiger partial charge in [-0.05, 0) is 26.2 Å². The normalized spacial score (nSPS) is 18.1. The maximum absolute atomic E-state index is 11.8. The first-order chi connectivity index (χ1) is 10.4. The van der Waals surface area contributed by atoms with Gasteiger partial charge in [0.25, 0.3) is 0 Å². The van der Waals surface area contributed by atoms with Gasteiger partial charge in [-0.25, -0.2) is 4.79 Å². The van der Waals surface area contributed by atoms with E-state index < -0.39 is 24.2 Å². The second-order valence-electron chi connectivity index (χ2n) is 6.10. The quantitative estimate of drug-likeness (QED) is 0.762. The SMILES string of the molecule is CC(=O)O[C@@H](C#N)[C@H](CC1CCCCC1)NC(=O)OC(C)C. The number of amides is 1. The number of rotatable bonds is 6. The largest absolute Gasteiger partial charge is 0.447 e. The summed E-state index contributed by atoms with van der Waals surface area (Å²) < 4.78 is 10.1. The van der Waals surface area contributed by atoms with Crippen molar-refractivity contribution in [2.24, 2.45) is 5.92 Å². The van der Waals surface area contributed by atoms with Crippen LogP contribution in [-0.2, 0) is 14.3 Å². The smallest absolute Gasteiger partial charge is 0.407 e. The maximum atomic E-state index is 11.8. The molecule has 1 N–H and O–H groups in total. The summed E-state index contributed by atoms with van der Waals surface area (Å²) in [6.45, 7) is 4.77. The highest BCUT2D eigenvalue weighted by Gasteiger charge is 2.30. The van der Waals surface area contributed by atoms with Gasteiger partial charge in [-0.1, -0.05) is 32.1 Å². The number of nitrogens with zero attached hydrogens (tertiary/aromatic N) is 1. The highest BCUT2D eigenvalue weighted by molar-refractivity contribution is 5.69. The van der Waals surface area contributed by atoms with Gasteiger partial charge in [0.15, 0.2) is 0 Å². The number of alkyl carbamates (subject to hydrolysis) is 1. The van der Waals surface area contributed by atoms with Crippen LogP contribution >= 0.6 is 0 Å². The Bertz CT molecular complexity index is 411. The van der Waals surface area contributed by atoms with E-state index >= 15 is 0 Å². The van der Waals surface area contributed by atoms with E-state index in [0.29, 0.717) is 12.3 Å². The van der Waals surface area contributed by atoms with E-state index in [1.165, 1.54) is 26.2 Å². The molecule has 0 unspecified atom stereocenters. The number of hydrogen-bond donors (Lipinski definition) is 1. The highest BCUT2D eigenvalue weighted by atomic mass is 16.6. The van der Waals surface area contributed by atoms with Crippen LogP contribution in [0, 0.1) is 17.2 Å². The van der Waals surface area contributed by atoms with Gasteiger partial charge in [0.1, 0.15) is 6.07 Å². The summed E-state index contributed by atoms with van der Waals surface area (Å²) in [4.78, 5) is 23.0. The molecular weight excluding hydrogens is 284 g/mol. The van der Waals surface area contributed by atoms with Gasteiger partial charge in [0.2, 0.25) is 6.10 Å². The summed E-state index contributed by atoms with van der Waals surface area (Å²) in [5.41, 5.74) is 0. The first kappa shape index (κ1) is 18.3. The molecule has 0 bridgehead atoms. The molecule has 0 heterocycles. The Morgan fingerprint density at radius 3 is 2.36 bits per heavy atom. The number of carbonyl (C=O) groups excluding carboxylic acids is 2. The lowest BCUT2D eigenvalue weighted by molar-refractivity contribution is -0.145. The first-order valence-corrected chi connectivity index (χ1v) is 7.96. The Balaban J connectivity index is 2.71. The van der Waals surface area contributed by atoms with Crippen LogP contribution < -0.4 is 5.32 Å². The fourth-order valence-electron chi connectivity index (χ4n) is 2.82. The molecule has 0 saturated heterocycles. The Morgan fingerprint density at radius 1 is 1.23 bits per heavy atom. The molecule has 0 spiro atoms. The van der Waals surface area contributed by atoms with E-state index in [4.69, 9.17) is 9.47 Å². The predicted molar refractivity (Wildman–Crippen MR) is 80.9 cm³/mol. The van der Waals surface area contributed by atoms with Crippen molar-refractivity contribution in [1.29, 1.82) is 5.26 Å². The van der Waals surface area contributed by atoms with Crippen LogP contribution in [0.3, 0.4) is 0 Å². The molecule has 6 heteroatoms. The Kier molecular flexibility index (Phi) is 7.72. The van der Waals surface area contributed by atoms with Crippen molar-refractivity contribution in [2.75, 3.05) is 0 Å². The van der Waals surface area contributed by atoms with E-state index in [2.05, 4.69) is 5.32 Å². The number of nitrogens with one attached hydrogen (secondary N) is 1. The van der Waals surface area contributed by atoms with Crippen LogP contribution in [0.25, 0.3) is 0 Å². The van der Waals surface area contributed by atoms with Crippen molar-refractivity contribution >= 4 is 12.1 Å². The predicted octanol–water partition coefficient (Wildman–Crippen LogP) is 2.92. The van der Waals surface area contributed by atoms with Crippen molar-refractivity contribution in [3.05, 3.63) is 0 Å². The number of hydrogen-bond acceptors (Lipinski definition) is 5. The lowest BCUT2D eigenvalue weighted by Crippen LogP contribution is -2.46. The Hall–Kier alpha value is -1.77. The summed E-state index contributed by atoms with van der Waals surface area (Å²) in [6, 6.07) is 1.43. The van der Waals surface area contributed by atoms with Crippen LogP contribution in [0.5, 0.6) is 0 Å². The Morgan fingerprint density at radius 2 is 1.86 bits per heavy atom. The standard InChI is InChI=1S/C16H26N2O4/c1-11(2)21-16(20)18-14(15(10-17)22-12(3)19)9-13-7-5-4-6-8-13/h11,13-15H,4-9H2,1-3H3,(H,18,20)/t14-,15-/m0/s1. The molecule has 6 nitrogen and oxygen atoms in total. The summed E-state index contributed by atoms with van der Waals surface area (Å²) >= 11 is 0. The van der Waals surface area contributed by atoms with Crippen molar-refractivity contribution in [1.82, 2.24) is 5.32 Å². The van der Waals surface area contributed by atoms with Gasteiger partial charge in [-0.3, -0.25) is 4.79 Å². The summed E-state index contributed by atoms with van der Waals surface area (Å²) in [6.07, 6.45) is 4.53. The third-order valence-electron chi connectivity index (χ3n) is 3.74. The average Bonchev–Trinajstić information content (AvgIpc) is 2.44. The van der Waals surface area contributed by atoms with E-state index in [9.17, 15) is 14.9 Å². The monoisotopic (exact) mass is 310 g/mol. The second kappa shape index (κ2) is 9.29. The molecule has 0 aromatic heterocycles. The highest BCUT2D eigenvalue weighted by Crippen LogP contribution is 2.28. The third kappa shape index (κ3) is 6.79. The minimum absolute atomic E-state index is 0.246. The molecular formula is C16H26N2O4. The van der Waals surface area contributed by atoms with Gasteiger partial charge < -0.3 is 14.8 Å². The lowest BCUT2D eigenvalue weighted by atomic mass is 9.84. The maximum Gasteiger partial charge on any atom is 0.407 e. The molecule has 0 aromatic rings. The van der Waals surface area contributed by atoms with Gasteiger partial charge in [-0.15, -0.1) is 0 Å². The zero-order valence-corrected chi connectivity index (χ0v) is 13.6. The van der Waals surface area contributed by atoms with Crippen molar-refractivity contribution in [2.45, 2.75) is 77.5 Å². The molecule has 0 aromatic carbocycles. The van der Waals surface area contributed by atoms with Crippen LogP contribution in [-0.4, -0.2) is 30.3 Å². The topological polar surface area (TPSA) is 88.4 Å². The van der Waals surface area contributed by atoms with E-state index in [0.717, 1.165) is 12.8 Å². The number of nitriles is 1. The lowest BCUT2D eigenvalue weighted by Gasteiger charge is -2.29. The van der Waals surface area contributed by atoms with Crippen molar-refractivity contribution in [3.8, 4) is 6.07 Å². The molecule has 22 heavy (non-hydrogen) atoms. The minimum Gasteiger partial charge on any atom is -0.447 e. The molecule has 124 valence electrons. The minimum atomic E-state index is -0.987. The molecule has 1 aliphatic carbocycles. The molecule has 1 saturated carbocycles. The van der Waals surface area contributed by atoms with Gasteiger partial charge >= 0.3 is 12.1 Å².